The normalized spacial score (nSPS) is 19.2. The molecule has 55 heavy (non-hydrogen) atoms. The number of ether oxygens (including phenoxy) is 4. The molecule has 6 rings (SSSR count). The molecule has 0 saturated carbocycles. The molecule has 2 aromatic heterocycles. The van der Waals surface area contributed by atoms with E-state index in [0.717, 1.165) is 16.7 Å². The van der Waals surface area contributed by atoms with E-state index in [1.807, 2.05) is 78.9 Å². The van der Waals surface area contributed by atoms with Gasteiger partial charge in [0.1, 0.15) is 35.4 Å². The number of aliphatic hydroxyl groups excluding tert-OH is 1. The van der Waals surface area contributed by atoms with Crippen molar-refractivity contribution in [3.8, 4) is 11.5 Å². The summed E-state index contributed by atoms with van der Waals surface area (Å²) in [4.78, 5) is 37.3. The quantitative estimate of drug-likeness (QED) is 0.0906. The zero-order valence-corrected chi connectivity index (χ0v) is 33.8. The Hall–Kier alpha value is -4.86. The van der Waals surface area contributed by atoms with Gasteiger partial charge in [0.25, 0.3) is 5.56 Å². The molecular formula is C41H51N5O8Si. The molecule has 14 heteroatoms. The lowest BCUT2D eigenvalue weighted by Crippen LogP contribution is -2.49. The highest BCUT2D eigenvalue weighted by Gasteiger charge is 2.52. The molecule has 1 fully saturated rings. The van der Waals surface area contributed by atoms with Gasteiger partial charge < -0.3 is 28.5 Å². The van der Waals surface area contributed by atoms with Gasteiger partial charge >= 0.3 is 0 Å². The number of aromatic amines is 1. The van der Waals surface area contributed by atoms with E-state index in [4.69, 9.17) is 23.4 Å². The van der Waals surface area contributed by atoms with Gasteiger partial charge in [-0.05, 0) is 59.1 Å². The number of fused-ring (bicyclic) bond motifs is 1. The molecule has 1 aliphatic rings. The fourth-order valence-corrected chi connectivity index (χ4v) is 7.73. The third-order valence-corrected chi connectivity index (χ3v) is 15.1. The van der Waals surface area contributed by atoms with Gasteiger partial charge in [0.2, 0.25) is 11.9 Å². The van der Waals surface area contributed by atoms with Crippen molar-refractivity contribution >= 4 is 31.3 Å². The number of H-pyrrole nitrogens is 1. The number of hydrogen-bond acceptors (Lipinski definition) is 10. The third-order valence-electron chi connectivity index (χ3n) is 10.7. The molecule has 1 amide bonds. The number of amides is 1. The number of aromatic nitrogens is 4. The third kappa shape index (κ3) is 7.82. The van der Waals surface area contributed by atoms with E-state index in [9.17, 15) is 14.7 Å². The molecule has 0 aliphatic carbocycles. The minimum absolute atomic E-state index is 0.0233. The summed E-state index contributed by atoms with van der Waals surface area (Å²) in [5.74, 6) is 0.699. The SMILES string of the molecule is COc1ccc(C(OC[C@H]2O[C@@H](n3cnc4c(=O)[nH]c(NC(=O)C(C)C)nc43)[C@@H](O[Si](C)(C)C(C)(C)C)[C@@H]2O)(c2ccccc2)c2ccc(OC)cc2)cc1. The van der Waals surface area contributed by atoms with E-state index in [0.29, 0.717) is 11.5 Å². The maximum absolute atomic E-state index is 13.2. The zero-order valence-electron chi connectivity index (χ0n) is 32.8. The predicted molar refractivity (Wildman–Crippen MR) is 212 cm³/mol. The van der Waals surface area contributed by atoms with Crippen LogP contribution >= 0.6 is 0 Å². The molecule has 0 spiro atoms. The van der Waals surface area contributed by atoms with E-state index in [1.165, 1.54) is 6.33 Å². The molecule has 1 aliphatic heterocycles. The van der Waals surface area contributed by atoms with Crippen LogP contribution in [-0.4, -0.2) is 78.0 Å². The summed E-state index contributed by atoms with van der Waals surface area (Å²) in [6.07, 6.45) is -2.47. The van der Waals surface area contributed by atoms with Crippen molar-refractivity contribution in [1.29, 1.82) is 0 Å². The largest absolute Gasteiger partial charge is 0.497 e. The molecule has 1 saturated heterocycles. The number of anilines is 1. The van der Waals surface area contributed by atoms with Crippen molar-refractivity contribution in [1.82, 2.24) is 19.5 Å². The highest BCUT2D eigenvalue weighted by Crippen LogP contribution is 2.45. The summed E-state index contributed by atoms with van der Waals surface area (Å²) in [6, 6.07) is 25.3. The number of aliphatic hydroxyl groups is 1. The first-order chi connectivity index (χ1) is 26.1. The Morgan fingerprint density at radius 3 is 2.04 bits per heavy atom. The van der Waals surface area contributed by atoms with Crippen LogP contribution in [0.25, 0.3) is 11.2 Å². The standard InChI is InChI=1S/C41H51N5O8Si/c1-25(2)36(48)44-39-43-35-32(37(49)45-39)42-24-46(35)38-34(54-55(8,9)40(3,4)5)33(47)31(53-38)23-52-41(26-13-11-10-12-14-26,27-15-19-29(50-6)20-16-27)28-17-21-30(51-7)22-18-28/h10-22,24-25,31,33-34,38,47H,23H2,1-9H3,(H2,43,44,45,48,49)/t31-,33-,34+,38-/m1/s1. The van der Waals surface area contributed by atoms with E-state index < -0.39 is 44.0 Å². The minimum atomic E-state index is -2.54. The van der Waals surface area contributed by atoms with Crippen molar-refractivity contribution in [2.45, 2.75) is 82.9 Å². The van der Waals surface area contributed by atoms with Gasteiger partial charge in [0.15, 0.2) is 25.7 Å². The monoisotopic (exact) mass is 769 g/mol. The van der Waals surface area contributed by atoms with Crippen LogP contribution in [0.4, 0.5) is 5.95 Å². The van der Waals surface area contributed by atoms with E-state index in [1.54, 1.807) is 32.6 Å². The number of benzene rings is 3. The highest BCUT2D eigenvalue weighted by atomic mass is 28.4. The molecule has 13 nitrogen and oxygen atoms in total. The van der Waals surface area contributed by atoms with Gasteiger partial charge in [0.05, 0.1) is 27.2 Å². The number of imidazole rings is 1. The lowest BCUT2D eigenvalue weighted by Gasteiger charge is -2.40. The Balaban J connectivity index is 1.44. The topological polar surface area (TPSA) is 159 Å². The molecule has 3 heterocycles. The Kier molecular flexibility index (Phi) is 11.4. The molecule has 3 N–H and O–H groups in total. The zero-order chi connectivity index (χ0) is 39.7. The second-order valence-corrected chi connectivity index (χ2v) is 20.4. The maximum Gasteiger partial charge on any atom is 0.280 e. The maximum atomic E-state index is 13.2. The molecule has 292 valence electrons. The van der Waals surface area contributed by atoms with Gasteiger partial charge in [-0.1, -0.05) is 89.2 Å². The second kappa shape index (κ2) is 15.7. The van der Waals surface area contributed by atoms with Crippen LogP contribution in [0.1, 0.15) is 57.5 Å². The van der Waals surface area contributed by atoms with Gasteiger partial charge in [0, 0.05) is 5.92 Å². The molecule has 0 radical (unpaired) electrons. The van der Waals surface area contributed by atoms with Crippen LogP contribution in [0.5, 0.6) is 11.5 Å². The van der Waals surface area contributed by atoms with E-state index >= 15 is 0 Å². The Labute approximate surface area is 322 Å². The second-order valence-electron chi connectivity index (χ2n) is 15.6. The Morgan fingerprint density at radius 1 is 0.945 bits per heavy atom. The van der Waals surface area contributed by atoms with Gasteiger partial charge in [-0.2, -0.15) is 4.98 Å². The van der Waals surface area contributed by atoms with Crippen LogP contribution in [0.3, 0.4) is 0 Å². The summed E-state index contributed by atoms with van der Waals surface area (Å²) in [5, 5.41) is 14.7. The van der Waals surface area contributed by atoms with Crippen LogP contribution in [-0.2, 0) is 24.3 Å². The summed E-state index contributed by atoms with van der Waals surface area (Å²) in [5.41, 5.74) is 1.01. The number of rotatable bonds is 13. The van der Waals surface area contributed by atoms with Crippen LogP contribution in [0, 0.1) is 5.92 Å². The highest BCUT2D eigenvalue weighted by molar-refractivity contribution is 6.74. The van der Waals surface area contributed by atoms with Crippen molar-refractivity contribution < 1.29 is 33.3 Å². The van der Waals surface area contributed by atoms with E-state index in [2.05, 4.69) is 54.1 Å². The number of hydrogen-bond donors (Lipinski definition) is 3. The van der Waals surface area contributed by atoms with Crippen molar-refractivity contribution in [2.75, 3.05) is 26.1 Å². The molecule has 3 aromatic carbocycles. The van der Waals surface area contributed by atoms with Crippen LogP contribution in [0.15, 0.2) is 90.0 Å². The van der Waals surface area contributed by atoms with Gasteiger partial charge in [-0.25, -0.2) is 4.98 Å². The molecule has 0 unspecified atom stereocenters. The molecule has 5 aromatic rings. The first kappa shape index (κ1) is 39.8. The first-order valence-corrected chi connectivity index (χ1v) is 21.3. The molecular weight excluding hydrogens is 719 g/mol. The first-order valence-electron chi connectivity index (χ1n) is 18.4. The lowest BCUT2D eigenvalue weighted by atomic mass is 9.80. The minimum Gasteiger partial charge on any atom is -0.497 e. The molecule has 0 bridgehead atoms. The predicted octanol–water partition coefficient (Wildman–Crippen LogP) is 6.39. The fourth-order valence-electron chi connectivity index (χ4n) is 6.44. The average Bonchev–Trinajstić information content (AvgIpc) is 3.72. The smallest absolute Gasteiger partial charge is 0.280 e. The number of nitrogens with one attached hydrogen (secondary N) is 2. The van der Waals surface area contributed by atoms with Crippen molar-refractivity contribution in [2.24, 2.45) is 5.92 Å². The summed E-state index contributed by atoms with van der Waals surface area (Å²) in [7, 11) is 0.701. The number of nitrogens with zero attached hydrogens (tertiary/aromatic N) is 3. The van der Waals surface area contributed by atoms with Gasteiger partial charge in [-0.3, -0.25) is 24.5 Å². The lowest BCUT2D eigenvalue weighted by molar-refractivity contribution is -0.118. The van der Waals surface area contributed by atoms with Crippen LogP contribution < -0.4 is 20.3 Å². The van der Waals surface area contributed by atoms with Crippen LogP contribution in [0.2, 0.25) is 18.1 Å². The number of carbonyl (C=O) groups is 1. The Morgan fingerprint density at radius 2 is 1.51 bits per heavy atom. The fraction of sp³-hybridized carbons (Fsp3) is 0.415. The summed E-state index contributed by atoms with van der Waals surface area (Å²) >= 11 is 0. The summed E-state index contributed by atoms with van der Waals surface area (Å²) in [6.45, 7) is 14.0. The molecule has 4 atom stereocenters. The number of methoxy groups -OCH3 is 2. The van der Waals surface area contributed by atoms with E-state index in [-0.39, 0.29) is 40.6 Å². The Bertz CT molecular complexity index is 2100. The average molecular weight is 770 g/mol. The van der Waals surface area contributed by atoms with Crippen molar-refractivity contribution in [3.05, 3.63) is 112 Å². The number of carbonyl (C=O) groups excluding carboxylic acids is 1. The van der Waals surface area contributed by atoms with Gasteiger partial charge in [-0.15, -0.1) is 0 Å². The van der Waals surface area contributed by atoms with Crippen molar-refractivity contribution in [3.63, 3.8) is 0 Å². The summed E-state index contributed by atoms with van der Waals surface area (Å²) < 4.78 is 33.4.